The van der Waals surface area contributed by atoms with Crippen LogP contribution in [0.2, 0.25) is 0 Å². The van der Waals surface area contributed by atoms with Gasteiger partial charge in [-0.3, -0.25) is 9.69 Å². The first-order chi connectivity index (χ1) is 10.7. The summed E-state index contributed by atoms with van der Waals surface area (Å²) in [6, 6.07) is 9.38. The number of benzene rings is 1. The van der Waals surface area contributed by atoms with Gasteiger partial charge in [0, 0.05) is 24.8 Å². The van der Waals surface area contributed by atoms with E-state index < -0.39 is 5.60 Å². The number of pyridine rings is 1. The monoisotopic (exact) mass is 299 g/mol. The second-order valence-electron chi connectivity index (χ2n) is 5.47. The Morgan fingerprint density at radius 3 is 2.82 bits per heavy atom. The van der Waals surface area contributed by atoms with Crippen molar-refractivity contribution in [2.24, 2.45) is 0 Å². The van der Waals surface area contributed by atoms with Gasteiger partial charge in [-0.05, 0) is 42.9 Å². The van der Waals surface area contributed by atoms with Crippen LogP contribution in [0.4, 0.5) is 15.8 Å². The van der Waals surface area contributed by atoms with E-state index in [9.17, 15) is 9.18 Å². The van der Waals surface area contributed by atoms with Crippen molar-refractivity contribution in [1.82, 2.24) is 10.3 Å². The first-order valence-electron chi connectivity index (χ1n) is 7.14. The maximum absolute atomic E-state index is 13.2. The highest BCUT2D eigenvalue weighted by atomic mass is 19.1. The smallest absolute Gasteiger partial charge is 0.277 e. The lowest BCUT2D eigenvalue weighted by molar-refractivity contribution is -0.133. The standard InChI is InChI=1S/C16H14FN3O2/c17-11-3-5-12(6-4-11)20-13-2-1-8-19-14(13)22-16(15(20)21)7-9-18-10-16/h1-6,8,18H,7,9-10H2. The summed E-state index contributed by atoms with van der Waals surface area (Å²) in [5.74, 6) is -0.0622. The molecule has 3 heterocycles. The fourth-order valence-corrected chi connectivity index (χ4v) is 2.96. The van der Waals surface area contributed by atoms with Gasteiger partial charge in [-0.15, -0.1) is 0 Å². The maximum Gasteiger partial charge on any atom is 0.277 e. The number of fused-ring (bicyclic) bond motifs is 1. The Labute approximate surface area is 126 Å². The minimum atomic E-state index is -0.935. The third kappa shape index (κ3) is 1.88. The lowest BCUT2D eigenvalue weighted by atomic mass is 9.98. The summed E-state index contributed by atoms with van der Waals surface area (Å²) in [6.07, 6.45) is 2.22. The van der Waals surface area contributed by atoms with E-state index in [1.807, 2.05) is 0 Å². The number of amides is 1. The van der Waals surface area contributed by atoms with Crippen molar-refractivity contribution in [1.29, 1.82) is 0 Å². The van der Waals surface area contributed by atoms with E-state index in [1.54, 1.807) is 35.4 Å². The quantitative estimate of drug-likeness (QED) is 0.875. The second-order valence-corrected chi connectivity index (χ2v) is 5.47. The fraction of sp³-hybridized carbons (Fsp3) is 0.250. The number of rotatable bonds is 1. The van der Waals surface area contributed by atoms with Crippen LogP contribution in [0.15, 0.2) is 42.6 Å². The molecule has 1 spiro atoms. The van der Waals surface area contributed by atoms with Gasteiger partial charge in [-0.2, -0.15) is 0 Å². The molecule has 1 fully saturated rings. The van der Waals surface area contributed by atoms with E-state index in [-0.39, 0.29) is 11.7 Å². The molecule has 0 aliphatic carbocycles. The predicted octanol–water partition coefficient (Wildman–Crippen LogP) is 2.01. The molecule has 1 aromatic carbocycles. The molecule has 1 aromatic heterocycles. The number of aromatic nitrogens is 1. The maximum atomic E-state index is 13.2. The molecule has 4 rings (SSSR count). The number of hydrogen-bond donors (Lipinski definition) is 1. The van der Waals surface area contributed by atoms with Crippen LogP contribution in [-0.2, 0) is 4.79 Å². The van der Waals surface area contributed by atoms with Crippen molar-refractivity contribution in [3.63, 3.8) is 0 Å². The summed E-state index contributed by atoms with van der Waals surface area (Å²) in [6.45, 7) is 1.16. The Morgan fingerprint density at radius 1 is 1.27 bits per heavy atom. The molecule has 112 valence electrons. The number of halogens is 1. The number of nitrogens with zero attached hydrogens (tertiary/aromatic N) is 2. The third-order valence-electron chi connectivity index (χ3n) is 4.08. The summed E-state index contributed by atoms with van der Waals surface area (Å²) in [4.78, 5) is 18.9. The summed E-state index contributed by atoms with van der Waals surface area (Å²) in [5.41, 5.74) is 0.252. The molecule has 0 bridgehead atoms. The molecule has 2 aliphatic rings. The molecule has 2 aliphatic heterocycles. The number of ether oxygens (including phenoxy) is 1. The van der Waals surface area contributed by atoms with Gasteiger partial charge in [0.25, 0.3) is 5.91 Å². The predicted molar refractivity (Wildman–Crippen MR) is 78.6 cm³/mol. The molecule has 2 aromatic rings. The van der Waals surface area contributed by atoms with Crippen molar-refractivity contribution in [2.45, 2.75) is 12.0 Å². The van der Waals surface area contributed by atoms with Crippen LogP contribution in [0.5, 0.6) is 5.88 Å². The zero-order valence-corrected chi connectivity index (χ0v) is 11.8. The van der Waals surface area contributed by atoms with Crippen LogP contribution in [0.3, 0.4) is 0 Å². The van der Waals surface area contributed by atoms with Crippen molar-refractivity contribution in [3.8, 4) is 5.88 Å². The van der Waals surface area contributed by atoms with Gasteiger partial charge in [0.2, 0.25) is 11.5 Å². The Bertz CT molecular complexity index is 726. The van der Waals surface area contributed by atoms with Gasteiger partial charge < -0.3 is 10.1 Å². The molecule has 22 heavy (non-hydrogen) atoms. The minimum absolute atomic E-state index is 0.149. The first-order valence-corrected chi connectivity index (χ1v) is 7.14. The summed E-state index contributed by atoms with van der Waals surface area (Å²) < 4.78 is 19.1. The summed E-state index contributed by atoms with van der Waals surface area (Å²) in [7, 11) is 0. The largest absolute Gasteiger partial charge is 0.458 e. The highest BCUT2D eigenvalue weighted by Crippen LogP contribution is 2.42. The Kier molecular flexibility index (Phi) is 2.87. The second kappa shape index (κ2) is 4.78. The lowest BCUT2D eigenvalue weighted by Gasteiger charge is -2.39. The first kappa shape index (κ1) is 13.2. The number of carbonyl (C=O) groups excluding carboxylic acids is 1. The topological polar surface area (TPSA) is 54.5 Å². The zero-order chi connectivity index (χ0) is 15.2. The molecule has 1 amide bonds. The molecule has 0 radical (unpaired) electrons. The van der Waals surface area contributed by atoms with Crippen molar-refractivity contribution < 1.29 is 13.9 Å². The van der Waals surface area contributed by atoms with Gasteiger partial charge in [-0.25, -0.2) is 9.37 Å². The summed E-state index contributed by atoms with van der Waals surface area (Å²) in [5, 5.41) is 3.16. The fourth-order valence-electron chi connectivity index (χ4n) is 2.96. The molecule has 5 nitrogen and oxygen atoms in total. The average molecular weight is 299 g/mol. The van der Waals surface area contributed by atoms with Crippen molar-refractivity contribution in [2.75, 3.05) is 18.0 Å². The average Bonchev–Trinajstić information content (AvgIpc) is 2.99. The Balaban J connectivity index is 1.87. The third-order valence-corrected chi connectivity index (χ3v) is 4.08. The zero-order valence-electron chi connectivity index (χ0n) is 11.8. The summed E-state index contributed by atoms with van der Waals surface area (Å²) >= 11 is 0. The van der Waals surface area contributed by atoms with Crippen LogP contribution in [-0.4, -0.2) is 29.6 Å². The van der Waals surface area contributed by atoms with Crippen LogP contribution in [0, 0.1) is 5.82 Å². The normalized spacial score (nSPS) is 23.5. The van der Waals surface area contributed by atoms with Crippen LogP contribution in [0.25, 0.3) is 0 Å². The molecular formula is C16H14FN3O2. The van der Waals surface area contributed by atoms with Crippen LogP contribution < -0.4 is 15.0 Å². The number of carbonyl (C=O) groups is 1. The Morgan fingerprint density at radius 2 is 2.09 bits per heavy atom. The molecule has 1 saturated heterocycles. The SMILES string of the molecule is O=C1N(c2ccc(F)cc2)c2cccnc2OC12CCNC2. The van der Waals surface area contributed by atoms with Crippen molar-refractivity contribution in [3.05, 3.63) is 48.4 Å². The van der Waals surface area contributed by atoms with Crippen LogP contribution >= 0.6 is 0 Å². The number of anilines is 2. The highest BCUT2D eigenvalue weighted by Gasteiger charge is 2.51. The molecule has 0 saturated carbocycles. The number of nitrogens with one attached hydrogen (secondary N) is 1. The van der Waals surface area contributed by atoms with Crippen molar-refractivity contribution >= 4 is 17.3 Å². The van der Waals surface area contributed by atoms with E-state index in [0.29, 0.717) is 36.8 Å². The highest BCUT2D eigenvalue weighted by molar-refractivity contribution is 6.08. The van der Waals surface area contributed by atoms with E-state index in [1.165, 1.54) is 12.1 Å². The minimum Gasteiger partial charge on any atom is -0.458 e. The molecule has 1 atom stereocenters. The van der Waals surface area contributed by atoms with Gasteiger partial charge >= 0.3 is 0 Å². The molecule has 6 heteroatoms. The van der Waals surface area contributed by atoms with Gasteiger partial charge in [-0.1, -0.05) is 0 Å². The van der Waals surface area contributed by atoms with Gasteiger partial charge in [0.1, 0.15) is 11.5 Å². The van der Waals surface area contributed by atoms with E-state index in [2.05, 4.69) is 10.3 Å². The van der Waals surface area contributed by atoms with Gasteiger partial charge in [0.15, 0.2) is 0 Å². The lowest BCUT2D eigenvalue weighted by Crippen LogP contribution is -2.56. The molecule has 1 unspecified atom stereocenters. The van der Waals surface area contributed by atoms with Gasteiger partial charge in [0.05, 0.1) is 0 Å². The van der Waals surface area contributed by atoms with E-state index in [0.717, 1.165) is 0 Å². The van der Waals surface area contributed by atoms with E-state index in [4.69, 9.17) is 4.74 Å². The molecule has 1 N–H and O–H groups in total. The Hall–Kier alpha value is -2.47. The number of hydrogen-bond acceptors (Lipinski definition) is 4. The van der Waals surface area contributed by atoms with Crippen LogP contribution in [0.1, 0.15) is 6.42 Å². The molecular weight excluding hydrogens is 285 g/mol. The van der Waals surface area contributed by atoms with E-state index >= 15 is 0 Å².